The fourth-order valence-corrected chi connectivity index (χ4v) is 3.67. The van der Waals surface area contributed by atoms with E-state index in [1.807, 2.05) is 0 Å². The minimum atomic E-state index is -0.348. The molecule has 1 aromatic heterocycles. The number of aromatic nitrogens is 1. The second-order valence-corrected chi connectivity index (χ2v) is 7.51. The highest BCUT2D eigenvalue weighted by Crippen LogP contribution is 2.29. The number of ether oxygens (including phenoxy) is 3. The van der Waals surface area contributed by atoms with Gasteiger partial charge in [0.25, 0.3) is 5.91 Å². The van der Waals surface area contributed by atoms with Crippen LogP contribution in [-0.2, 0) is 11.2 Å². The zero-order valence-corrected chi connectivity index (χ0v) is 18.6. The largest absolute Gasteiger partial charge is 0.495 e. The predicted molar refractivity (Wildman–Crippen MR) is 120 cm³/mol. The van der Waals surface area contributed by atoms with Crippen LogP contribution in [0.3, 0.4) is 0 Å². The van der Waals surface area contributed by atoms with Crippen molar-refractivity contribution in [3.8, 4) is 17.2 Å². The summed E-state index contributed by atoms with van der Waals surface area (Å²) in [5.74, 6) is 0.891. The number of hydrogen-bond donors (Lipinski definition) is 2. The van der Waals surface area contributed by atoms with Crippen molar-refractivity contribution < 1.29 is 23.8 Å². The van der Waals surface area contributed by atoms with Gasteiger partial charge in [0.05, 0.1) is 38.5 Å². The van der Waals surface area contributed by atoms with E-state index in [2.05, 4.69) is 15.6 Å². The Morgan fingerprint density at radius 3 is 2.35 bits per heavy atom. The van der Waals surface area contributed by atoms with Crippen molar-refractivity contribution >= 4 is 45.6 Å². The van der Waals surface area contributed by atoms with E-state index in [4.69, 9.17) is 25.8 Å². The third-order valence-corrected chi connectivity index (χ3v) is 5.30. The number of carbonyl (C=O) groups is 2. The van der Waals surface area contributed by atoms with Crippen LogP contribution >= 0.6 is 22.9 Å². The van der Waals surface area contributed by atoms with E-state index < -0.39 is 0 Å². The van der Waals surface area contributed by atoms with Crippen LogP contribution in [0.15, 0.2) is 41.8 Å². The number of amides is 2. The molecule has 8 nitrogen and oxygen atoms in total. The lowest BCUT2D eigenvalue weighted by Crippen LogP contribution is -2.15. The number of carbonyl (C=O) groups excluding carboxylic acids is 2. The summed E-state index contributed by atoms with van der Waals surface area (Å²) in [6, 6.07) is 9.82. The van der Waals surface area contributed by atoms with Crippen molar-refractivity contribution in [3.63, 3.8) is 0 Å². The maximum Gasteiger partial charge on any atom is 0.257 e. The zero-order valence-electron chi connectivity index (χ0n) is 17.0. The molecule has 31 heavy (non-hydrogen) atoms. The maximum absolute atomic E-state index is 12.5. The summed E-state index contributed by atoms with van der Waals surface area (Å²) in [6.07, 6.45) is 0.0480. The van der Waals surface area contributed by atoms with Gasteiger partial charge in [-0.05, 0) is 36.4 Å². The Balaban J connectivity index is 1.60. The molecule has 0 atom stereocenters. The number of halogens is 1. The van der Waals surface area contributed by atoms with Gasteiger partial charge in [-0.3, -0.25) is 14.9 Å². The van der Waals surface area contributed by atoms with Crippen LogP contribution in [0, 0.1) is 0 Å². The normalized spacial score (nSPS) is 10.3. The molecular weight excluding hydrogens is 442 g/mol. The molecule has 2 amide bonds. The van der Waals surface area contributed by atoms with E-state index in [0.29, 0.717) is 44.3 Å². The predicted octanol–water partition coefficient (Wildman–Crippen LogP) is 4.26. The number of hydrogen-bond acceptors (Lipinski definition) is 7. The van der Waals surface area contributed by atoms with Crippen molar-refractivity contribution in [2.24, 2.45) is 0 Å². The van der Waals surface area contributed by atoms with Crippen molar-refractivity contribution in [3.05, 3.63) is 58.1 Å². The highest BCUT2D eigenvalue weighted by atomic mass is 35.5. The molecule has 3 aromatic rings. The molecule has 0 aliphatic heterocycles. The van der Waals surface area contributed by atoms with Gasteiger partial charge >= 0.3 is 0 Å². The number of benzene rings is 2. The summed E-state index contributed by atoms with van der Waals surface area (Å²) in [7, 11) is 4.54. The first-order chi connectivity index (χ1) is 14.9. The van der Waals surface area contributed by atoms with Gasteiger partial charge < -0.3 is 19.5 Å². The molecule has 0 bridgehead atoms. The summed E-state index contributed by atoms with van der Waals surface area (Å²) < 4.78 is 15.5. The van der Waals surface area contributed by atoms with Gasteiger partial charge in [0.15, 0.2) is 16.6 Å². The molecule has 1 heterocycles. The van der Waals surface area contributed by atoms with E-state index in [0.717, 1.165) is 0 Å². The molecule has 10 heteroatoms. The minimum Gasteiger partial charge on any atom is -0.495 e. The summed E-state index contributed by atoms with van der Waals surface area (Å²) >= 11 is 7.30. The van der Waals surface area contributed by atoms with Crippen molar-refractivity contribution in [2.45, 2.75) is 6.42 Å². The summed E-state index contributed by atoms with van der Waals surface area (Å²) in [6.45, 7) is 0. The molecule has 0 saturated heterocycles. The van der Waals surface area contributed by atoms with E-state index in [1.54, 1.807) is 41.8 Å². The lowest BCUT2D eigenvalue weighted by Gasteiger charge is -2.09. The Labute approximate surface area is 188 Å². The van der Waals surface area contributed by atoms with Gasteiger partial charge in [-0.1, -0.05) is 11.6 Å². The van der Waals surface area contributed by atoms with Gasteiger partial charge in [0.1, 0.15) is 5.75 Å². The van der Waals surface area contributed by atoms with Gasteiger partial charge in [0.2, 0.25) is 5.91 Å². The van der Waals surface area contributed by atoms with Crippen LogP contribution < -0.4 is 24.8 Å². The lowest BCUT2D eigenvalue weighted by atomic mass is 10.2. The third-order valence-electron chi connectivity index (χ3n) is 4.20. The maximum atomic E-state index is 12.5. The van der Waals surface area contributed by atoms with Crippen molar-refractivity contribution in [1.29, 1.82) is 0 Å². The van der Waals surface area contributed by atoms with Crippen LogP contribution in [0.5, 0.6) is 17.2 Å². The van der Waals surface area contributed by atoms with E-state index in [9.17, 15) is 9.59 Å². The highest BCUT2D eigenvalue weighted by molar-refractivity contribution is 7.14. The third kappa shape index (κ3) is 5.65. The molecule has 0 unspecified atom stereocenters. The number of anilines is 2. The Morgan fingerprint density at radius 1 is 0.968 bits per heavy atom. The number of nitrogens with zero attached hydrogens (tertiary/aromatic N) is 1. The van der Waals surface area contributed by atoms with Crippen LogP contribution in [0.2, 0.25) is 5.02 Å². The van der Waals surface area contributed by atoms with E-state index in [1.165, 1.54) is 32.7 Å². The molecule has 3 rings (SSSR count). The smallest absolute Gasteiger partial charge is 0.257 e. The molecule has 0 radical (unpaired) electrons. The first-order valence-electron chi connectivity index (χ1n) is 9.04. The Morgan fingerprint density at radius 2 is 1.68 bits per heavy atom. The van der Waals surface area contributed by atoms with E-state index in [-0.39, 0.29) is 18.2 Å². The topological polar surface area (TPSA) is 98.8 Å². The SMILES string of the molecule is COc1ccc(NC(=O)Cc2csc(NC(=O)c3ccc(OC)c(OC)c3)n2)cc1Cl. The summed E-state index contributed by atoms with van der Waals surface area (Å²) in [5, 5.41) is 7.97. The van der Waals surface area contributed by atoms with Crippen molar-refractivity contribution in [1.82, 2.24) is 4.98 Å². The average Bonchev–Trinajstić information content (AvgIpc) is 3.19. The first-order valence-corrected chi connectivity index (χ1v) is 10.3. The Hall–Kier alpha value is -3.30. The van der Waals surface area contributed by atoms with Gasteiger partial charge in [-0.2, -0.15) is 0 Å². The number of methoxy groups -OCH3 is 3. The van der Waals surface area contributed by atoms with Crippen molar-refractivity contribution in [2.75, 3.05) is 32.0 Å². The fraction of sp³-hybridized carbons (Fsp3) is 0.190. The number of rotatable bonds is 8. The summed E-state index contributed by atoms with van der Waals surface area (Å²) in [4.78, 5) is 29.1. The average molecular weight is 462 g/mol. The minimum absolute atomic E-state index is 0.0480. The zero-order chi connectivity index (χ0) is 22.4. The monoisotopic (exact) mass is 461 g/mol. The Bertz CT molecular complexity index is 1100. The van der Waals surface area contributed by atoms with Crippen LogP contribution in [0.4, 0.5) is 10.8 Å². The molecule has 0 spiro atoms. The van der Waals surface area contributed by atoms with Crippen LogP contribution in [0.25, 0.3) is 0 Å². The number of thiazole rings is 1. The Kier molecular flexibility index (Phi) is 7.32. The van der Waals surface area contributed by atoms with Crippen LogP contribution in [-0.4, -0.2) is 38.1 Å². The molecule has 2 N–H and O–H groups in total. The fourth-order valence-electron chi connectivity index (χ4n) is 2.71. The lowest BCUT2D eigenvalue weighted by molar-refractivity contribution is -0.115. The second-order valence-electron chi connectivity index (χ2n) is 6.24. The molecule has 2 aromatic carbocycles. The molecule has 0 saturated carbocycles. The standard InChI is InChI=1S/C21H20ClN3O5S/c1-28-16-7-5-13(9-15(16)22)23-19(26)10-14-11-31-21(24-14)25-20(27)12-4-6-17(29-2)18(8-12)30-3/h4-9,11H,10H2,1-3H3,(H,23,26)(H,24,25,27). The number of nitrogens with one attached hydrogen (secondary N) is 2. The molecule has 0 fully saturated rings. The second kappa shape index (κ2) is 10.1. The van der Waals surface area contributed by atoms with Gasteiger partial charge in [-0.25, -0.2) is 4.98 Å². The van der Waals surface area contributed by atoms with Gasteiger partial charge in [0, 0.05) is 16.6 Å². The molecule has 162 valence electrons. The van der Waals surface area contributed by atoms with E-state index >= 15 is 0 Å². The quantitative estimate of drug-likeness (QED) is 0.520. The molecular formula is C21H20ClN3O5S. The summed E-state index contributed by atoms with van der Waals surface area (Å²) in [5.41, 5.74) is 1.47. The highest BCUT2D eigenvalue weighted by Gasteiger charge is 2.14. The first kappa shape index (κ1) is 22.4. The molecule has 0 aliphatic rings. The van der Waals surface area contributed by atoms with Gasteiger partial charge in [-0.15, -0.1) is 11.3 Å². The molecule has 0 aliphatic carbocycles. The van der Waals surface area contributed by atoms with Crippen LogP contribution in [0.1, 0.15) is 16.1 Å².